The number of nitrogens with zero attached hydrogens (tertiary/aromatic N) is 4. The molecule has 160 valence electrons. The molecule has 2 amide bonds. The van der Waals surface area contributed by atoms with Gasteiger partial charge in [0.05, 0.1) is 36.4 Å². The summed E-state index contributed by atoms with van der Waals surface area (Å²) < 4.78 is 10.3. The third-order valence-corrected chi connectivity index (χ3v) is 6.85. The number of imide groups is 1. The van der Waals surface area contributed by atoms with Crippen molar-refractivity contribution in [2.45, 2.75) is 0 Å². The van der Waals surface area contributed by atoms with Crippen molar-refractivity contribution in [2.24, 2.45) is 0 Å². The van der Waals surface area contributed by atoms with Gasteiger partial charge in [-0.2, -0.15) is 4.37 Å². The largest absolute Gasteiger partial charge is 0.378 e. The highest BCUT2D eigenvalue weighted by Crippen LogP contribution is 2.31. The summed E-state index contributed by atoms with van der Waals surface area (Å²) in [5.74, 6) is -0.452. The van der Waals surface area contributed by atoms with E-state index in [4.69, 9.17) is 4.74 Å². The second kappa shape index (κ2) is 8.74. The molecule has 0 saturated carbocycles. The molecule has 2 aliphatic heterocycles. The van der Waals surface area contributed by atoms with E-state index < -0.39 is 0 Å². The Kier molecular flexibility index (Phi) is 5.67. The van der Waals surface area contributed by atoms with E-state index in [9.17, 15) is 9.59 Å². The van der Waals surface area contributed by atoms with Gasteiger partial charge in [0.1, 0.15) is 5.00 Å². The smallest absolute Gasteiger partial charge is 0.261 e. The fraction of sp³-hybridized carbons (Fsp3) is 0.348. The number of piperazine rings is 1. The standard InChI is InChI=1S/C23H24N4O3S/c28-21-17-5-1-2-6-18(17)22(29)27(21)14-16-30-15-13-25-9-11-26(12-10-25)23-19-7-3-4-8-20(19)24-31-23/h1-8H,9-16H2. The third kappa shape index (κ3) is 3.94. The van der Waals surface area contributed by atoms with Crippen LogP contribution in [0.1, 0.15) is 20.7 Å². The van der Waals surface area contributed by atoms with Crippen molar-refractivity contribution in [3.05, 3.63) is 59.7 Å². The molecule has 3 heterocycles. The van der Waals surface area contributed by atoms with E-state index in [1.165, 1.54) is 15.3 Å². The van der Waals surface area contributed by atoms with Crippen LogP contribution < -0.4 is 4.90 Å². The molecule has 8 heteroatoms. The summed E-state index contributed by atoms with van der Waals surface area (Å²) in [6.45, 7) is 5.99. The van der Waals surface area contributed by atoms with Gasteiger partial charge in [-0.3, -0.25) is 19.4 Å². The maximum atomic E-state index is 12.4. The molecule has 1 fully saturated rings. The van der Waals surface area contributed by atoms with Crippen molar-refractivity contribution in [3.63, 3.8) is 0 Å². The van der Waals surface area contributed by atoms with Crippen LogP contribution in [0.3, 0.4) is 0 Å². The van der Waals surface area contributed by atoms with Crippen molar-refractivity contribution in [2.75, 3.05) is 57.4 Å². The first-order valence-electron chi connectivity index (χ1n) is 10.6. The highest BCUT2D eigenvalue weighted by molar-refractivity contribution is 7.11. The summed E-state index contributed by atoms with van der Waals surface area (Å²) >= 11 is 1.58. The van der Waals surface area contributed by atoms with Gasteiger partial charge in [0.15, 0.2) is 0 Å². The molecule has 7 nitrogen and oxygen atoms in total. The normalized spacial score (nSPS) is 17.0. The van der Waals surface area contributed by atoms with Crippen molar-refractivity contribution < 1.29 is 14.3 Å². The summed E-state index contributed by atoms with van der Waals surface area (Å²) in [4.78, 5) is 30.8. The van der Waals surface area contributed by atoms with E-state index in [1.807, 2.05) is 6.07 Å². The molecule has 2 aromatic carbocycles. The zero-order valence-electron chi connectivity index (χ0n) is 17.2. The molecular weight excluding hydrogens is 412 g/mol. The molecule has 3 aromatic rings. The predicted molar refractivity (Wildman–Crippen MR) is 121 cm³/mol. The van der Waals surface area contributed by atoms with Crippen LogP contribution in [-0.4, -0.2) is 78.5 Å². The number of ether oxygens (including phenoxy) is 1. The molecule has 0 spiro atoms. The van der Waals surface area contributed by atoms with Crippen LogP contribution in [0.5, 0.6) is 0 Å². The van der Waals surface area contributed by atoms with Crippen molar-refractivity contribution in [3.8, 4) is 0 Å². The van der Waals surface area contributed by atoms with Gasteiger partial charge in [0.2, 0.25) is 0 Å². The average molecular weight is 437 g/mol. The Bertz CT molecular complexity index is 1070. The molecule has 31 heavy (non-hydrogen) atoms. The Morgan fingerprint density at radius 2 is 1.48 bits per heavy atom. The summed E-state index contributed by atoms with van der Waals surface area (Å²) in [5.41, 5.74) is 2.04. The summed E-state index contributed by atoms with van der Waals surface area (Å²) in [6, 6.07) is 15.3. The van der Waals surface area contributed by atoms with E-state index in [2.05, 4.69) is 32.4 Å². The predicted octanol–water partition coefficient (Wildman–Crippen LogP) is 2.73. The summed E-state index contributed by atoms with van der Waals surface area (Å²) in [7, 11) is 0. The lowest BCUT2D eigenvalue weighted by molar-refractivity contribution is 0.0532. The second-order valence-electron chi connectivity index (χ2n) is 7.75. The van der Waals surface area contributed by atoms with E-state index in [1.54, 1.807) is 35.8 Å². The summed E-state index contributed by atoms with van der Waals surface area (Å²) in [6.07, 6.45) is 0. The molecule has 0 unspecified atom stereocenters. The molecule has 5 rings (SSSR count). The number of benzene rings is 2. The molecule has 2 aliphatic rings. The van der Waals surface area contributed by atoms with Crippen LogP contribution in [-0.2, 0) is 4.74 Å². The highest BCUT2D eigenvalue weighted by Gasteiger charge is 2.34. The number of fused-ring (bicyclic) bond motifs is 2. The first-order valence-corrected chi connectivity index (χ1v) is 11.3. The van der Waals surface area contributed by atoms with Gasteiger partial charge >= 0.3 is 0 Å². The highest BCUT2D eigenvalue weighted by atomic mass is 32.1. The van der Waals surface area contributed by atoms with Crippen LogP contribution in [0.15, 0.2) is 48.5 Å². The van der Waals surface area contributed by atoms with Crippen LogP contribution in [0.4, 0.5) is 5.00 Å². The Balaban J connectivity index is 1.04. The number of carbonyl (C=O) groups is 2. The van der Waals surface area contributed by atoms with Crippen molar-refractivity contribution >= 4 is 39.3 Å². The van der Waals surface area contributed by atoms with Crippen LogP contribution in [0.25, 0.3) is 10.9 Å². The fourth-order valence-corrected chi connectivity index (χ4v) is 5.09. The summed E-state index contributed by atoms with van der Waals surface area (Å²) in [5, 5.41) is 2.49. The number of rotatable bonds is 7. The van der Waals surface area contributed by atoms with E-state index in [-0.39, 0.29) is 11.8 Å². The van der Waals surface area contributed by atoms with Crippen LogP contribution in [0.2, 0.25) is 0 Å². The Labute approximate surface area is 185 Å². The van der Waals surface area contributed by atoms with Crippen LogP contribution in [0, 0.1) is 0 Å². The van der Waals surface area contributed by atoms with Crippen molar-refractivity contribution in [1.29, 1.82) is 0 Å². The van der Waals surface area contributed by atoms with Gasteiger partial charge in [-0.15, -0.1) is 0 Å². The molecule has 0 bridgehead atoms. The molecule has 1 aromatic heterocycles. The lowest BCUT2D eigenvalue weighted by Gasteiger charge is -2.35. The Hall–Kier alpha value is -2.81. The fourth-order valence-electron chi connectivity index (χ4n) is 4.17. The van der Waals surface area contributed by atoms with Gasteiger partial charge in [-0.25, -0.2) is 0 Å². The van der Waals surface area contributed by atoms with Crippen LogP contribution >= 0.6 is 11.5 Å². The van der Waals surface area contributed by atoms with Gasteiger partial charge in [-0.1, -0.05) is 24.3 Å². The number of hydrogen-bond acceptors (Lipinski definition) is 7. The molecular formula is C23H24N4O3S. The van der Waals surface area contributed by atoms with Gasteiger partial charge in [-0.05, 0) is 35.8 Å². The lowest BCUT2D eigenvalue weighted by Crippen LogP contribution is -2.47. The third-order valence-electron chi connectivity index (χ3n) is 5.91. The van der Waals surface area contributed by atoms with Gasteiger partial charge in [0.25, 0.3) is 11.8 Å². The van der Waals surface area contributed by atoms with Gasteiger partial charge < -0.3 is 9.64 Å². The van der Waals surface area contributed by atoms with E-state index >= 15 is 0 Å². The van der Waals surface area contributed by atoms with E-state index in [0.29, 0.717) is 30.9 Å². The molecule has 1 saturated heterocycles. The Morgan fingerprint density at radius 1 is 0.839 bits per heavy atom. The SMILES string of the molecule is O=C1c2ccccc2C(=O)N1CCOCCN1CCN(c2snc3ccccc23)CC1. The molecule has 0 aliphatic carbocycles. The topological polar surface area (TPSA) is 66.0 Å². The minimum Gasteiger partial charge on any atom is -0.378 e. The average Bonchev–Trinajstić information content (AvgIpc) is 3.34. The lowest BCUT2D eigenvalue weighted by atomic mass is 10.1. The number of aromatic nitrogens is 1. The monoisotopic (exact) mass is 436 g/mol. The molecule has 0 N–H and O–H groups in total. The number of amides is 2. The zero-order valence-corrected chi connectivity index (χ0v) is 18.0. The maximum absolute atomic E-state index is 12.4. The Morgan fingerprint density at radius 3 is 2.23 bits per heavy atom. The number of carbonyl (C=O) groups excluding carboxylic acids is 2. The van der Waals surface area contributed by atoms with Gasteiger partial charge in [0, 0.05) is 38.1 Å². The first kappa shape index (κ1) is 20.1. The number of hydrogen-bond donors (Lipinski definition) is 0. The zero-order chi connectivity index (χ0) is 21.2. The number of anilines is 1. The minimum atomic E-state index is -0.226. The second-order valence-corrected chi connectivity index (χ2v) is 8.51. The quantitative estimate of drug-likeness (QED) is 0.419. The van der Waals surface area contributed by atoms with E-state index in [0.717, 1.165) is 38.2 Å². The van der Waals surface area contributed by atoms with Crippen molar-refractivity contribution in [1.82, 2.24) is 14.2 Å². The molecule has 0 atom stereocenters. The molecule has 0 radical (unpaired) electrons. The minimum absolute atomic E-state index is 0.226. The first-order chi connectivity index (χ1) is 15.2. The maximum Gasteiger partial charge on any atom is 0.261 e.